The molecule has 0 radical (unpaired) electrons. The van der Waals surface area contributed by atoms with Crippen molar-refractivity contribution in [3.63, 3.8) is 0 Å². The summed E-state index contributed by atoms with van der Waals surface area (Å²) in [7, 11) is 0. The second kappa shape index (κ2) is 5.23. The van der Waals surface area contributed by atoms with Crippen LogP contribution in [0.3, 0.4) is 0 Å². The minimum Gasteiger partial charge on any atom is -0.366 e. The number of primary amides is 1. The molecule has 0 aliphatic rings. The van der Waals surface area contributed by atoms with E-state index in [1.807, 2.05) is 30.3 Å². The zero-order chi connectivity index (χ0) is 13.0. The predicted molar refractivity (Wildman–Crippen MR) is 69.4 cm³/mol. The van der Waals surface area contributed by atoms with Gasteiger partial charge in [0, 0.05) is 17.3 Å². The first-order valence-electron chi connectivity index (χ1n) is 5.52. The van der Waals surface area contributed by atoms with E-state index in [0.717, 1.165) is 11.1 Å². The molecule has 0 saturated heterocycles. The van der Waals surface area contributed by atoms with Crippen molar-refractivity contribution in [1.82, 2.24) is 9.97 Å². The summed E-state index contributed by atoms with van der Waals surface area (Å²) in [6.45, 7) is 1.70. The first-order chi connectivity index (χ1) is 8.70. The Morgan fingerprint density at radius 2 is 1.89 bits per heavy atom. The Morgan fingerprint density at radius 3 is 2.44 bits per heavy atom. The van der Waals surface area contributed by atoms with Crippen LogP contribution >= 0.6 is 0 Å². The van der Waals surface area contributed by atoms with E-state index in [1.54, 1.807) is 19.2 Å². The molecule has 0 saturated carbocycles. The van der Waals surface area contributed by atoms with Crippen molar-refractivity contribution in [3.05, 3.63) is 65.8 Å². The Labute approximate surface area is 105 Å². The lowest BCUT2D eigenvalue weighted by atomic mass is 9.97. The maximum absolute atomic E-state index is 11.4. The molecule has 2 rings (SSSR count). The van der Waals surface area contributed by atoms with Crippen LogP contribution in [0.2, 0.25) is 0 Å². The number of carbonyl (C=O) groups excluding carboxylic acids is 1. The fourth-order valence-corrected chi connectivity index (χ4v) is 1.72. The molecule has 90 valence electrons. The third-order valence-corrected chi connectivity index (χ3v) is 2.65. The summed E-state index contributed by atoms with van der Waals surface area (Å²) >= 11 is 0. The lowest BCUT2D eigenvalue weighted by Crippen LogP contribution is -2.14. The molecule has 0 bridgehead atoms. The SMILES string of the molecule is C/C(C(N)=O)=C(/c1ccccc1)c1ccncn1. The summed E-state index contributed by atoms with van der Waals surface area (Å²) in [6.07, 6.45) is 3.09. The van der Waals surface area contributed by atoms with E-state index in [-0.39, 0.29) is 0 Å². The normalized spacial score (nSPS) is 11.8. The first kappa shape index (κ1) is 12.0. The van der Waals surface area contributed by atoms with Gasteiger partial charge in [-0.2, -0.15) is 0 Å². The minimum absolute atomic E-state index is 0.451. The molecular formula is C14H13N3O. The average molecular weight is 239 g/mol. The van der Waals surface area contributed by atoms with Crippen LogP contribution in [0.15, 0.2) is 54.5 Å². The van der Waals surface area contributed by atoms with Gasteiger partial charge in [-0.25, -0.2) is 9.97 Å². The zero-order valence-electron chi connectivity index (χ0n) is 10.00. The Kier molecular flexibility index (Phi) is 3.48. The van der Waals surface area contributed by atoms with E-state index in [1.165, 1.54) is 6.33 Å². The van der Waals surface area contributed by atoms with Gasteiger partial charge in [0.25, 0.3) is 0 Å². The molecule has 0 unspecified atom stereocenters. The van der Waals surface area contributed by atoms with Crippen molar-refractivity contribution in [2.24, 2.45) is 5.73 Å². The number of amides is 1. The molecule has 0 atom stereocenters. The number of carbonyl (C=O) groups is 1. The Morgan fingerprint density at radius 1 is 1.17 bits per heavy atom. The molecular weight excluding hydrogens is 226 g/mol. The fourth-order valence-electron chi connectivity index (χ4n) is 1.72. The van der Waals surface area contributed by atoms with Crippen LogP contribution < -0.4 is 5.73 Å². The van der Waals surface area contributed by atoms with Gasteiger partial charge in [0.15, 0.2) is 0 Å². The molecule has 1 aromatic carbocycles. The average Bonchev–Trinajstić information content (AvgIpc) is 2.41. The van der Waals surface area contributed by atoms with Crippen LogP contribution in [0.1, 0.15) is 18.2 Å². The van der Waals surface area contributed by atoms with Crippen molar-refractivity contribution < 1.29 is 4.79 Å². The molecule has 1 aromatic heterocycles. The molecule has 1 heterocycles. The van der Waals surface area contributed by atoms with E-state index in [4.69, 9.17) is 5.73 Å². The minimum atomic E-state index is -0.451. The van der Waals surface area contributed by atoms with Crippen LogP contribution in [0.5, 0.6) is 0 Å². The Balaban J connectivity index is 2.64. The lowest BCUT2D eigenvalue weighted by Gasteiger charge is -2.10. The highest BCUT2D eigenvalue weighted by molar-refractivity contribution is 6.02. The van der Waals surface area contributed by atoms with Gasteiger partial charge in [-0.1, -0.05) is 30.3 Å². The summed E-state index contributed by atoms with van der Waals surface area (Å²) in [5, 5.41) is 0. The maximum Gasteiger partial charge on any atom is 0.245 e. The van der Waals surface area contributed by atoms with Crippen LogP contribution in [0.25, 0.3) is 5.57 Å². The number of aromatic nitrogens is 2. The van der Waals surface area contributed by atoms with Crippen LogP contribution in [0.4, 0.5) is 0 Å². The molecule has 2 aromatic rings. The molecule has 0 spiro atoms. The fraction of sp³-hybridized carbons (Fsp3) is 0.0714. The lowest BCUT2D eigenvalue weighted by molar-refractivity contribution is -0.114. The monoisotopic (exact) mass is 239 g/mol. The topological polar surface area (TPSA) is 68.9 Å². The van der Waals surface area contributed by atoms with E-state index in [0.29, 0.717) is 11.3 Å². The third-order valence-electron chi connectivity index (χ3n) is 2.65. The highest BCUT2D eigenvalue weighted by atomic mass is 16.1. The van der Waals surface area contributed by atoms with Crippen molar-refractivity contribution in [2.75, 3.05) is 0 Å². The number of nitrogens with two attached hydrogens (primary N) is 1. The van der Waals surface area contributed by atoms with Crippen LogP contribution in [-0.4, -0.2) is 15.9 Å². The first-order valence-corrected chi connectivity index (χ1v) is 5.52. The quantitative estimate of drug-likeness (QED) is 0.830. The molecule has 1 amide bonds. The van der Waals surface area contributed by atoms with Gasteiger partial charge in [0.2, 0.25) is 5.91 Å². The van der Waals surface area contributed by atoms with Gasteiger partial charge in [-0.05, 0) is 18.6 Å². The summed E-state index contributed by atoms with van der Waals surface area (Å²) in [6, 6.07) is 11.3. The molecule has 18 heavy (non-hydrogen) atoms. The number of nitrogens with zero attached hydrogens (tertiary/aromatic N) is 2. The molecule has 4 heteroatoms. The number of rotatable bonds is 3. The van der Waals surface area contributed by atoms with Crippen LogP contribution in [0, 0.1) is 0 Å². The smallest absolute Gasteiger partial charge is 0.245 e. The van der Waals surface area contributed by atoms with E-state index < -0.39 is 5.91 Å². The van der Waals surface area contributed by atoms with Gasteiger partial charge in [0.1, 0.15) is 6.33 Å². The van der Waals surface area contributed by atoms with Gasteiger partial charge < -0.3 is 5.73 Å². The van der Waals surface area contributed by atoms with Crippen molar-refractivity contribution in [1.29, 1.82) is 0 Å². The summed E-state index contributed by atoms with van der Waals surface area (Å²) < 4.78 is 0. The Hall–Kier alpha value is -2.49. The van der Waals surface area contributed by atoms with Gasteiger partial charge in [-0.3, -0.25) is 4.79 Å². The summed E-state index contributed by atoms with van der Waals surface area (Å²) in [4.78, 5) is 19.5. The molecule has 0 aliphatic heterocycles. The zero-order valence-corrected chi connectivity index (χ0v) is 10.00. The summed E-state index contributed by atoms with van der Waals surface area (Å²) in [5.74, 6) is -0.451. The van der Waals surface area contributed by atoms with Crippen molar-refractivity contribution in [2.45, 2.75) is 6.92 Å². The van der Waals surface area contributed by atoms with E-state index in [9.17, 15) is 4.79 Å². The largest absolute Gasteiger partial charge is 0.366 e. The molecule has 2 N–H and O–H groups in total. The van der Waals surface area contributed by atoms with Crippen molar-refractivity contribution >= 4 is 11.5 Å². The number of hydrogen-bond acceptors (Lipinski definition) is 3. The highest BCUT2D eigenvalue weighted by Gasteiger charge is 2.13. The van der Waals surface area contributed by atoms with E-state index >= 15 is 0 Å². The van der Waals surface area contributed by atoms with Crippen LogP contribution in [-0.2, 0) is 4.79 Å². The standard InChI is InChI=1S/C14H13N3O/c1-10(14(15)18)13(11-5-3-2-4-6-11)12-7-8-16-9-17-12/h2-9H,1H3,(H2,15,18)/b13-10+. The van der Waals surface area contributed by atoms with Gasteiger partial charge in [0.05, 0.1) is 5.69 Å². The van der Waals surface area contributed by atoms with E-state index in [2.05, 4.69) is 9.97 Å². The number of hydrogen-bond donors (Lipinski definition) is 1. The maximum atomic E-state index is 11.4. The third kappa shape index (κ3) is 2.43. The molecule has 0 aliphatic carbocycles. The van der Waals surface area contributed by atoms with Gasteiger partial charge >= 0.3 is 0 Å². The number of benzene rings is 1. The van der Waals surface area contributed by atoms with Gasteiger partial charge in [-0.15, -0.1) is 0 Å². The van der Waals surface area contributed by atoms with Crippen molar-refractivity contribution in [3.8, 4) is 0 Å². The molecule has 0 fully saturated rings. The second-order valence-corrected chi connectivity index (χ2v) is 3.82. The second-order valence-electron chi connectivity index (χ2n) is 3.82. The predicted octanol–water partition coefficient (Wildman–Crippen LogP) is 1.78. The molecule has 4 nitrogen and oxygen atoms in total. The Bertz CT molecular complexity index is 535. The summed E-state index contributed by atoms with van der Waals surface area (Å²) in [5.41, 5.74) is 8.20. The highest BCUT2D eigenvalue weighted by Crippen LogP contribution is 2.24.